The lowest BCUT2D eigenvalue weighted by Crippen LogP contribution is -2.20. The van der Waals surface area contributed by atoms with Crippen molar-refractivity contribution in [2.45, 2.75) is 25.7 Å². The van der Waals surface area contributed by atoms with Crippen molar-refractivity contribution in [3.63, 3.8) is 0 Å². The number of carboxylic acids is 1. The van der Waals surface area contributed by atoms with E-state index in [1.165, 1.54) is 0 Å². The molecule has 13 heavy (non-hydrogen) atoms. The van der Waals surface area contributed by atoms with E-state index in [0.717, 1.165) is 29.1 Å². The molecule has 1 aliphatic rings. The first-order chi connectivity index (χ1) is 6.09. The summed E-state index contributed by atoms with van der Waals surface area (Å²) in [6, 6.07) is 0. The molecule has 0 aliphatic heterocycles. The van der Waals surface area contributed by atoms with E-state index in [-0.39, 0.29) is 5.92 Å². The van der Waals surface area contributed by atoms with E-state index in [4.69, 9.17) is 5.11 Å². The smallest absolute Gasteiger partial charge is 0.306 e. The lowest BCUT2D eigenvalue weighted by Gasteiger charge is -2.23. The Hall–Kier alpha value is 0.170. The van der Waals surface area contributed by atoms with Crippen molar-refractivity contribution >= 4 is 37.8 Å². The number of hydrogen-bond donors (Lipinski definition) is 1. The average molecular weight is 312 g/mol. The van der Waals surface area contributed by atoms with Gasteiger partial charge in [0.05, 0.1) is 9.31 Å². The third-order valence-corrected chi connectivity index (χ3v) is 3.01. The minimum atomic E-state index is -0.639. The van der Waals surface area contributed by atoms with Crippen LogP contribution in [0.15, 0.2) is 9.47 Å². The maximum Gasteiger partial charge on any atom is 0.306 e. The maximum atomic E-state index is 10.6. The van der Waals surface area contributed by atoms with Gasteiger partial charge in [-0.2, -0.15) is 0 Å². The van der Waals surface area contributed by atoms with E-state index in [1.54, 1.807) is 0 Å². The quantitative estimate of drug-likeness (QED) is 0.847. The zero-order chi connectivity index (χ0) is 9.84. The molecule has 0 radical (unpaired) electrons. The minimum absolute atomic E-state index is 0.112. The summed E-state index contributed by atoms with van der Waals surface area (Å²) >= 11 is 6.63. The first-order valence-corrected chi connectivity index (χ1v) is 5.94. The standard InChI is InChI=1S/C9H12Br2O2/c10-8(11)5-6-1-3-7(4-2-6)9(12)13/h5-7H,1-4H2,(H,12,13)/t6-,7+. The van der Waals surface area contributed by atoms with E-state index >= 15 is 0 Å². The second-order valence-corrected chi connectivity index (χ2v) is 6.18. The first kappa shape index (κ1) is 11.2. The van der Waals surface area contributed by atoms with Gasteiger partial charge in [0.1, 0.15) is 0 Å². The van der Waals surface area contributed by atoms with Gasteiger partial charge in [0.15, 0.2) is 0 Å². The molecule has 0 aromatic rings. The van der Waals surface area contributed by atoms with Crippen molar-refractivity contribution in [1.82, 2.24) is 0 Å². The van der Waals surface area contributed by atoms with Gasteiger partial charge in [-0.3, -0.25) is 4.79 Å². The second kappa shape index (κ2) is 5.15. The lowest BCUT2D eigenvalue weighted by atomic mass is 9.82. The van der Waals surface area contributed by atoms with Crippen LogP contribution in [-0.2, 0) is 4.79 Å². The number of rotatable bonds is 2. The van der Waals surface area contributed by atoms with Crippen LogP contribution in [-0.4, -0.2) is 11.1 Å². The van der Waals surface area contributed by atoms with Crippen LogP contribution in [0.25, 0.3) is 0 Å². The molecule has 0 saturated heterocycles. The number of halogens is 2. The average Bonchev–Trinajstić information content (AvgIpc) is 2.04. The van der Waals surface area contributed by atoms with Crippen molar-refractivity contribution < 1.29 is 9.90 Å². The molecule has 1 aliphatic carbocycles. The van der Waals surface area contributed by atoms with E-state index < -0.39 is 5.97 Å². The molecule has 0 bridgehead atoms. The molecular formula is C9H12Br2O2. The topological polar surface area (TPSA) is 37.3 Å². The molecule has 0 atom stereocenters. The molecule has 0 amide bonds. The monoisotopic (exact) mass is 310 g/mol. The van der Waals surface area contributed by atoms with E-state index in [0.29, 0.717) is 5.92 Å². The summed E-state index contributed by atoms with van der Waals surface area (Å²) in [6.45, 7) is 0. The van der Waals surface area contributed by atoms with Gasteiger partial charge >= 0.3 is 5.97 Å². The highest BCUT2D eigenvalue weighted by Crippen LogP contribution is 2.31. The van der Waals surface area contributed by atoms with Crippen LogP contribution in [0.4, 0.5) is 0 Å². The van der Waals surface area contributed by atoms with Crippen LogP contribution in [0.3, 0.4) is 0 Å². The highest BCUT2D eigenvalue weighted by molar-refractivity contribution is 9.28. The molecule has 1 rings (SSSR count). The molecule has 0 heterocycles. The SMILES string of the molecule is O=C(O)[C@H]1CC[C@@H](C=C(Br)Br)CC1. The van der Waals surface area contributed by atoms with Gasteiger partial charge in [0.25, 0.3) is 0 Å². The minimum Gasteiger partial charge on any atom is -0.481 e. The molecule has 1 fully saturated rings. The summed E-state index contributed by atoms with van der Waals surface area (Å²) in [5.41, 5.74) is 0. The molecule has 0 aromatic carbocycles. The fourth-order valence-electron chi connectivity index (χ4n) is 1.71. The van der Waals surface area contributed by atoms with Crippen LogP contribution in [0.5, 0.6) is 0 Å². The van der Waals surface area contributed by atoms with Gasteiger partial charge < -0.3 is 5.11 Å². The van der Waals surface area contributed by atoms with Crippen molar-refractivity contribution in [3.05, 3.63) is 9.47 Å². The Morgan fingerprint density at radius 1 is 1.23 bits per heavy atom. The summed E-state index contributed by atoms with van der Waals surface area (Å²) in [6.07, 6.45) is 5.70. The largest absolute Gasteiger partial charge is 0.481 e. The third-order valence-electron chi connectivity index (χ3n) is 2.48. The fourth-order valence-corrected chi connectivity index (χ4v) is 2.46. The summed E-state index contributed by atoms with van der Waals surface area (Å²) in [7, 11) is 0. The van der Waals surface area contributed by atoms with Gasteiger partial charge in [-0.25, -0.2) is 0 Å². The lowest BCUT2D eigenvalue weighted by molar-refractivity contribution is -0.142. The Morgan fingerprint density at radius 3 is 2.15 bits per heavy atom. The molecular weight excluding hydrogens is 300 g/mol. The van der Waals surface area contributed by atoms with Crippen molar-refractivity contribution in [2.75, 3.05) is 0 Å². The van der Waals surface area contributed by atoms with Crippen LogP contribution >= 0.6 is 31.9 Å². The van der Waals surface area contributed by atoms with Gasteiger partial charge in [0.2, 0.25) is 0 Å². The Balaban J connectivity index is 2.39. The zero-order valence-corrected chi connectivity index (χ0v) is 10.3. The van der Waals surface area contributed by atoms with E-state index in [2.05, 4.69) is 37.9 Å². The van der Waals surface area contributed by atoms with Gasteiger partial charge in [-0.05, 0) is 63.5 Å². The molecule has 74 valence electrons. The summed E-state index contributed by atoms with van der Waals surface area (Å²) in [4.78, 5) is 10.6. The van der Waals surface area contributed by atoms with E-state index in [1.807, 2.05) is 0 Å². The molecule has 0 unspecified atom stereocenters. The Morgan fingerprint density at radius 2 is 1.77 bits per heavy atom. The van der Waals surface area contributed by atoms with Crippen molar-refractivity contribution in [1.29, 1.82) is 0 Å². The predicted molar refractivity (Wildman–Crippen MR) is 59.0 cm³/mol. The third kappa shape index (κ3) is 3.81. The Labute approximate surface area is 94.7 Å². The summed E-state index contributed by atoms with van der Waals surface area (Å²) < 4.78 is 0.971. The second-order valence-electron chi connectivity index (χ2n) is 3.41. The Bertz CT molecular complexity index is 214. The van der Waals surface area contributed by atoms with E-state index in [9.17, 15) is 4.79 Å². The summed E-state index contributed by atoms with van der Waals surface area (Å²) in [5, 5.41) is 8.77. The first-order valence-electron chi connectivity index (χ1n) is 4.35. The van der Waals surface area contributed by atoms with Gasteiger partial charge in [-0.15, -0.1) is 0 Å². The van der Waals surface area contributed by atoms with Crippen LogP contribution in [0.1, 0.15) is 25.7 Å². The van der Waals surface area contributed by atoms with Crippen molar-refractivity contribution in [3.8, 4) is 0 Å². The summed E-state index contributed by atoms with van der Waals surface area (Å²) in [5.74, 6) is -0.219. The Kier molecular flexibility index (Phi) is 4.46. The molecule has 4 heteroatoms. The van der Waals surface area contributed by atoms with Crippen LogP contribution in [0, 0.1) is 11.8 Å². The highest BCUT2D eigenvalue weighted by atomic mass is 79.9. The molecule has 0 spiro atoms. The van der Waals surface area contributed by atoms with Gasteiger partial charge in [-0.1, -0.05) is 6.08 Å². The number of aliphatic carboxylic acids is 1. The zero-order valence-electron chi connectivity index (χ0n) is 7.17. The normalized spacial score (nSPS) is 28.2. The number of carboxylic acid groups (broad SMARTS) is 1. The molecule has 1 saturated carbocycles. The van der Waals surface area contributed by atoms with Crippen molar-refractivity contribution in [2.24, 2.45) is 11.8 Å². The van der Waals surface area contributed by atoms with Crippen LogP contribution < -0.4 is 0 Å². The predicted octanol–water partition coefficient (Wildman–Crippen LogP) is 3.51. The highest BCUT2D eigenvalue weighted by Gasteiger charge is 2.24. The molecule has 1 N–H and O–H groups in total. The van der Waals surface area contributed by atoms with Crippen LogP contribution in [0.2, 0.25) is 0 Å². The number of carbonyl (C=O) groups is 1. The molecule has 2 nitrogen and oxygen atoms in total. The van der Waals surface area contributed by atoms with Gasteiger partial charge in [0, 0.05) is 0 Å². The number of allylic oxidation sites excluding steroid dienone is 1. The maximum absolute atomic E-state index is 10.6. The molecule has 0 aromatic heterocycles. The number of hydrogen-bond acceptors (Lipinski definition) is 1. The fraction of sp³-hybridized carbons (Fsp3) is 0.667.